The van der Waals surface area contributed by atoms with Gasteiger partial charge in [0.1, 0.15) is 5.60 Å². The van der Waals surface area contributed by atoms with Crippen LogP contribution in [0.5, 0.6) is 0 Å². The number of aliphatic hydroxyl groups is 1. The summed E-state index contributed by atoms with van der Waals surface area (Å²) in [6.45, 7) is 1.82. The molecule has 2 atom stereocenters. The lowest BCUT2D eigenvalue weighted by atomic mass is 9.84. The number of aromatic nitrogens is 1. The zero-order chi connectivity index (χ0) is 15.5. The Kier molecular flexibility index (Phi) is 5.22. The van der Waals surface area contributed by atoms with Gasteiger partial charge >= 0.3 is 0 Å². The minimum atomic E-state index is -1.22. The SMILES string of the molecule is COC(C)C(O)(Cc1ccc(Cl)cc1Cl)c1cccnc1. The van der Waals surface area contributed by atoms with E-state index in [1.807, 2.05) is 19.1 Å². The Morgan fingerprint density at radius 1 is 1.33 bits per heavy atom. The zero-order valence-corrected chi connectivity index (χ0v) is 13.4. The molecule has 1 N–H and O–H groups in total. The fourth-order valence-corrected chi connectivity index (χ4v) is 2.73. The number of benzene rings is 1. The number of ether oxygens (including phenoxy) is 1. The van der Waals surface area contributed by atoms with Crippen molar-refractivity contribution in [3.05, 3.63) is 63.9 Å². The third-order valence-electron chi connectivity index (χ3n) is 3.66. The molecule has 5 heteroatoms. The summed E-state index contributed by atoms with van der Waals surface area (Å²) in [6, 6.07) is 8.84. The van der Waals surface area contributed by atoms with Crippen molar-refractivity contribution in [1.29, 1.82) is 0 Å². The van der Waals surface area contributed by atoms with Crippen LogP contribution in [0.2, 0.25) is 10.0 Å². The number of methoxy groups -OCH3 is 1. The fourth-order valence-electron chi connectivity index (χ4n) is 2.25. The molecule has 0 saturated heterocycles. The lowest BCUT2D eigenvalue weighted by Gasteiger charge is -2.34. The van der Waals surface area contributed by atoms with Crippen LogP contribution in [0.3, 0.4) is 0 Å². The van der Waals surface area contributed by atoms with Crippen LogP contribution >= 0.6 is 23.2 Å². The van der Waals surface area contributed by atoms with Crippen LogP contribution in [0.1, 0.15) is 18.1 Å². The highest BCUT2D eigenvalue weighted by molar-refractivity contribution is 6.35. The van der Waals surface area contributed by atoms with E-state index >= 15 is 0 Å². The maximum absolute atomic E-state index is 11.1. The van der Waals surface area contributed by atoms with E-state index in [2.05, 4.69) is 4.98 Å². The predicted molar refractivity (Wildman–Crippen MR) is 84.8 cm³/mol. The van der Waals surface area contributed by atoms with Gasteiger partial charge in [-0.1, -0.05) is 35.3 Å². The van der Waals surface area contributed by atoms with Gasteiger partial charge in [0.05, 0.1) is 6.10 Å². The quantitative estimate of drug-likeness (QED) is 0.907. The first-order valence-corrected chi connectivity index (χ1v) is 7.32. The van der Waals surface area contributed by atoms with Gasteiger partial charge in [0.15, 0.2) is 0 Å². The maximum Gasteiger partial charge on any atom is 0.121 e. The van der Waals surface area contributed by atoms with Crippen molar-refractivity contribution in [2.45, 2.75) is 25.0 Å². The Balaban J connectivity index is 2.42. The summed E-state index contributed by atoms with van der Waals surface area (Å²) in [5.41, 5.74) is 0.266. The Labute approximate surface area is 134 Å². The molecule has 0 saturated carbocycles. The highest BCUT2D eigenvalue weighted by Crippen LogP contribution is 2.33. The van der Waals surface area contributed by atoms with Gasteiger partial charge in [0.25, 0.3) is 0 Å². The van der Waals surface area contributed by atoms with E-state index in [4.69, 9.17) is 27.9 Å². The van der Waals surface area contributed by atoms with Crippen molar-refractivity contribution in [3.8, 4) is 0 Å². The summed E-state index contributed by atoms with van der Waals surface area (Å²) < 4.78 is 5.36. The van der Waals surface area contributed by atoms with Gasteiger partial charge in [-0.05, 0) is 30.7 Å². The largest absolute Gasteiger partial charge is 0.382 e. The normalized spacial score (nSPS) is 15.5. The second-order valence-corrected chi connectivity index (χ2v) is 5.80. The van der Waals surface area contributed by atoms with Crippen molar-refractivity contribution in [2.75, 3.05) is 7.11 Å². The summed E-state index contributed by atoms with van der Waals surface area (Å²) in [4.78, 5) is 4.08. The average molecular weight is 326 g/mol. The first kappa shape index (κ1) is 16.2. The molecule has 21 heavy (non-hydrogen) atoms. The molecular formula is C16H17Cl2NO2. The molecule has 0 spiro atoms. The number of hydrogen-bond acceptors (Lipinski definition) is 3. The van der Waals surface area contributed by atoms with Gasteiger partial charge in [-0.15, -0.1) is 0 Å². The van der Waals surface area contributed by atoms with Gasteiger partial charge in [0.2, 0.25) is 0 Å². The summed E-state index contributed by atoms with van der Waals surface area (Å²) in [7, 11) is 1.56. The molecule has 0 aliphatic rings. The smallest absolute Gasteiger partial charge is 0.121 e. The molecule has 2 aromatic rings. The first-order valence-electron chi connectivity index (χ1n) is 6.57. The monoisotopic (exact) mass is 325 g/mol. The van der Waals surface area contributed by atoms with E-state index in [9.17, 15) is 5.11 Å². The van der Waals surface area contributed by atoms with Gasteiger partial charge in [0, 0.05) is 41.5 Å². The van der Waals surface area contributed by atoms with E-state index in [0.717, 1.165) is 5.56 Å². The molecule has 2 rings (SSSR count). The average Bonchev–Trinajstić information content (AvgIpc) is 2.50. The number of nitrogens with zero attached hydrogens (tertiary/aromatic N) is 1. The van der Waals surface area contributed by atoms with Crippen LogP contribution in [0.4, 0.5) is 0 Å². The van der Waals surface area contributed by atoms with E-state index in [-0.39, 0.29) is 0 Å². The summed E-state index contributed by atoms with van der Waals surface area (Å²) in [6.07, 6.45) is 3.19. The molecule has 1 aromatic heterocycles. The first-order chi connectivity index (χ1) is 9.97. The molecule has 1 heterocycles. The van der Waals surface area contributed by atoms with Crippen molar-refractivity contribution < 1.29 is 9.84 Å². The third kappa shape index (κ3) is 3.55. The molecule has 0 fully saturated rings. The maximum atomic E-state index is 11.1. The zero-order valence-electron chi connectivity index (χ0n) is 11.9. The Morgan fingerprint density at radius 3 is 2.67 bits per heavy atom. The molecular weight excluding hydrogens is 309 g/mol. The highest BCUT2D eigenvalue weighted by Gasteiger charge is 2.37. The van der Waals surface area contributed by atoms with Crippen LogP contribution in [-0.4, -0.2) is 23.3 Å². The lowest BCUT2D eigenvalue weighted by Crippen LogP contribution is -2.41. The second-order valence-electron chi connectivity index (χ2n) is 4.96. The second kappa shape index (κ2) is 6.75. The van der Waals surface area contributed by atoms with Crippen LogP contribution in [0, 0.1) is 0 Å². The van der Waals surface area contributed by atoms with Crippen molar-refractivity contribution in [3.63, 3.8) is 0 Å². The van der Waals surface area contributed by atoms with E-state index in [1.54, 1.807) is 37.7 Å². The summed E-state index contributed by atoms with van der Waals surface area (Å²) >= 11 is 12.1. The number of pyridine rings is 1. The van der Waals surface area contributed by atoms with Crippen LogP contribution in [-0.2, 0) is 16.8 Å². The Morgan fingerprint density at radius 2 is 2.10 bits per heavy atom. The van der Waals surface area contributed by atoms with E-state index < -0.39 is 11.7 Å². The molecule has 3 nitrogen and oxygen atoms in total. The van der Waals surface area contributed by atoms with Crippen molar-refractivity contribution >= 4 is 23.2 Å². The van der Waals surface area contributed by atoms with Gasteiger partial charge in [-0.3, -0.25) is 4.98 Å². The van der Waals surface area contributed by atoms with Crippen molar-refractivity contribution in [1.82, 2.24) is 4.98 Å². The molecule has 0 radical (unpaired) electrons. The van der Waals surface area contributed by atoms with Crippen LogP contribution in [0.25, 0.3) is 0 Å². The molecule has 1 aromatic carbocycles. The standard InChI is InChI=1S/C16H17Cl2NO2/c1-11(21-2)16(20,13-4-3-7-19-10-13)9-12-5-6-14(17)8-15(12)18/h3-8,10-11,20H,9H2,1-2H3. The fraction of sp³-hybridized carbons (Fsp3) is 0.312. The number of halogens is 2. The highest BCUT2D eigenvalue weighted by atomic mass is 35.5. The Bertz CT molecular complexity index is 606. The van der Waals surface area contributed by atoms with Crippen LogP contribution in [0.15, 0.2) is 42.7 Å². The molecule has 112 valence electrons. The van der Waals surface area contributed by atoms with Gasteiger partial charge < -0.3 is 9.84 Å². The predicted octanol–water partition coefficient (Wildman–Crippen LogP) is 3.85. The molecule has 0 aliphatic heterocycles. The summed E-state index contributed by atoms with van der Waals surface area (Å²) in [5, 5.41) is 12.2. The Hall–Kier alpha value is -1.13. The lowest BCUT2D eigenvalue weighted by molar-refractivity contribution is -0.0899. The van der Waals surface area contributed by atoms with Gasteiger partial charge in [-0.25, -0.2) is 0 Å². The minimum Gasteiger partial charge on any atom is -0.382 e. The van der Waals surface area contributed by atoms with Gasteiger partial charge in [-0.2, -0.15) is 0 Å². The molecule has 0 aliphatic carbocycles. The number of hydrogen-bond donors (Lipinski definition) is 1. The summed E-state index contributed by atoms with van der Waals surface area (Å²) in [5.74, 6) is 0. The third-order valence-corrected chi connectivity index (χ3v) is 4.25. The molecule has 2 unspecified atom stereocenters. The topological polar surface area (TPSA) is 42.4 Å². The minimum absolute atomic E-state index is 0.309. The molecule has 0 bridgehead atoms. The van der Waals surface area contributed by atoms with E-state index in [1.165, 1.54) is 0 Å². The molecule has 0 amide bonds. The number of rotatable bonds is 5. The van der Waals surface area contributed by atoms with Crippen molar-refractivity contribution in [2.24, 2.45) is 0 Å². The van der Waals surface area contributed by atoms with E-state index in [0.29, 0.717) is 22.0 Å². The van der Waals surface area contributed by atoms with Crippen LogP contribution < -0.4 is 0 Å².